The van der Waals surface area contributed by atoms with Gasteiger partial charge in [0.25, 0.3) is 0 Å². The Balaban J connectivity index is 1.84. The molecule has 12 heavy (non-hydrogen) atoms. The Labute approximate surface area is 71.3 Å². The van der Waals surface area contributed by atoms with Crippen molar-refractivity contribution in [1.29, 1.82) is 0 Å². The molecular formula is C8H14N2O2. The van der Waals surface area contributed by atoms with Crippen molar-refractivity contribution in [2.75, 3.05) is 13.1 Å². The van der Waals surface area contributed by atoms with E-state index >= 15 is 0 Å². The van der Waals surface area contributed by atoms with Crippen LogP contribution in [0, 0.1) is 0 Å². The molecule has 1 unspecified atom stereocenters. The zero-order chi connectivity index (χ0) is 8.77. The summed E-state index contributed by atoms with van der Waals surface area (Å²) in [7, 11) is 0. The van der Waals surface area contributed by atoms with E-state index < -0.39 is 5.60 Å². The lowest BCUT2D eigenvalue weighted by Gasteiger charge is -2.45. The van der Waals surface area contributed by atoms with E-state index in [-0.39, 0.29) is 11.9 Å². The molecule has 0 aromatic heterocycles. The van der Waals surface area contributed by atoms with Gasteiger partial charge in [0.2, 0.25) is 5.91 Å². The van der Waals surface area contributed by atoms with E-state index in [1.807, 2.05) is 0 Å². The van der Waals surface area contributed by atoms with Gasteiger partial charge in [0.15, 0.2) is 0 Å². The summed E-state index contributed by atoms with van der Waals surface area (Å²) in [5.74, 6) is -0.0182. The van der Waals surface area contributed by atoms with Gasteiger partial charge >= 0.3 is 0 Å². The highest BCUT2D eigenvalue weighted by Crippen LogP contribution is 2.33. The minimum absolute atomic E-state index is 0.0182. The summed E-state index contributed by atoms with van der Waals surface area (Å²) in [4.78, 5) is 12.7. The molecule has 0 radical (unpaired) electrons. The number of hydrogen-bond donors (Lipinski definition) is 2. The second-order valence-corrected chi connectivity index (χ2v) is 3.90. The number of rotatable bonds is 2. The van der Waals surface area contributed by atoms with Gasteiger partial charge in [0.05, 0.1) is 5.60 Å². The third kappa shape index (κ3) is 1.11. The van der Waals surface area contributed by atoms with Crippen molar-refractivity contribution in [1.82, 2.24) is 4.90 Å². The van der Waals surface area contributed by atoms with Crippen molar-refractivity contribution in [2.45, 2.75) is 30.9 Å². The minimum Gasteiger partial charge on any atom is -0.388 e. The molecule has 2 fully saturated rings. The fourth-order valence-electron chi connectivity index (χ4n) is 1.77. The van der Waals surface area contributed by atoms with Crippen LogP contribution in [0.25, 0.3) is 0 Å². The highest BCUT2D eigenvalue weighted by molar-refractivity contribution is 5.87. The van der Waals surface area contributed by atoms with E-state index in [1.54, 1.807) is 4.90 Å². The number of aliphatic hydroxyl groups is 1. The summed E-state index contributed by atoms with van der Waals surface area (Å²) < 4.78 is 0. The standard InChI is InChI=1S/C8H14N2O2/c9-6-4-10(7(6)11)5-8(12)2-1-3-8/h6,12H,1-5,9H2. The summed E-state index contributed by atoms with van der Waals surface area (Å²) in [5, 5.41) is 9.71. The zero-order valence-electron chi connectivity index (χ0n) is 6.99. The number of amides is 1. The second-order valence-electron chi connectivity index (χ2n) is 3.90. The van der Waals surface area contributed by atoms with E-state index in [9.17, 15) is 9.90 Å². The average Bonchev–Trinajstić information content (AvgIpc) is 2.00. The Bertz CT molecular complexity index is 213. The molecule has 0 bridgehead atoms. The molecule has 0 spiro atoms. The maximum atomic E-state index is 11.1. The number of carbonyl (C=O) groups excluding carboxylic acids is 1. The third-order valence-electron chi connectivity index (χ3n) is 2.82. The number of β-lactam (4-membered cyclic amide) rings is 1. The lowest BCUT2D eigenvalue weighted by molar-refractivity contribution is -0.151. The van der Waals surface area contributed by atoms with Crippen molar-refractivity contribution >= 4 is 5.91 Å². The van der Waals surface area contributed by atoms with Gasteiger partial charge in [-0.3, -0.25) is 4.79 Å². The molecule has 1 atom stereocenters. The first-order valence-corrected chi connectivity index (χ1v) is 4.37. The first kappa shape index (κ1) is 8.01. The molecule has 3 N–H and O–H groups in total. The van der Waals surface area contributed by atoms with Crippen molar-refractivity contribution in [3.8, 4) is 0 Å². The van der Waals surface area contributed by atoms with Gasteiger partial charge < -0.3 is 15.7 Å². The molecule has 1 saturated carbocycles. The molecule has 2 aliphatic rings. The van der Waals surface area contributed by atoms with Crippen LogP contribution in [0.4, 0.5) is 0 Å². The topological polar surface area (TPSA) is 66.6 Å². The number of β-amino-alcohol motifs (C(OH)–C–C–N with tert-alkyl or cyclic N) is 1. The van der Waals surface area contributed by atoms with Crippen LogP contribution < -0.4 is 5.73 Å². The van der Waals surface area contributed by atoms with Crippen LogP contribution in [0.1, 0.15) is 19.3 Å². The average molecular weight is 170 g/mol. The van der Waals surface area contributed by atoms with Crippen LogP contribution >= 0.6 is 0 Å². The van der Waals surface area contributed by atoms with Gasteiger partial charge in [-0.25, -0.2) is 0 Å². The largest absolute Gasteiger partial charge is 0.388 e. The Hall–Kier alpha value is -0.610. The highest BCUT2D eigenvalue weighted by Gasteiger charge is 2.42. The van der Waals surface area contributed by atoms with Crippen molar-refractivity contribution in [2.24, 2.45) is 5.73 Å². The predicted molar refractivity (Wildman–Crippen MR) is 43.4 cm³/mol. The maximum Gasteiger partial charge on any atom is 0.241 e. The summed E-state index contributed by atoms with van der Waals surface area (Å²) >= 11 is 0. The Morgan fingerprint density at radius 2 is 2.33 bits per heavy atom. The van der Waals surface area contributed by atoms with Gasteiger partial charge in [0, 0.05) is 13.1 Å². The van der Waals surface area contributed by atoms with E-state index in [0.717, 1.165) is 19.3 Å². The van der Waals surface area contributed by atoms with Crippen LogP contribution in [-0.4, -0.2) is 40.6 Å². The third-order valence-corrected chi connectivity index (χ3v) is 2.82. The first-order chi connectivity index (χ1) is 5.61. The first-order valence-electron chi connectivity index (χ1n) is 4.37. The molecule has 2 rings (SSSR count). The number of hydrogen-bond acceptors (Lipinski definition) is 3. The molecule has 1 heterocycles. The molecule has 1 saturated heterocycles. The molecule has 4 nitrogen and oxygen atoms in total. The smallest absolute Gasteiger partial charge is 0.241 e. The number of nitrogens with zero attached hydrogens (tertiary/aromatic N) is 1. The molecule has 0 aromatic rings. The van der Waals surface area contributed by atoms with Crippen LogP contribution in [0.15, 0.2) is 0 Å². The lowest BCUT2D eigenvalue weighted by Crippen LogP contribution is -2.65. The molecule has 68 valence electrons. The molecule has 0 aromatic carbocycles. The summed E-state index contributed by atoms with van der Waals surface area (Å²) in [5.41, 5.74) is 4.83. The van der Waals surface area contributed by atoms with E-state index in [1.165, 1.54) is 0 Å². The van der Waals surface area contributed by atoms with Crippen LogP contribution in [0.5, 0.6) is 0 Å². The monoisotopic (exact) mass is 170 g/mol. The lowest BCUT2D eigenvalue weighted by atomic mass is 9.79. The van der Waals surface area contributed by atoms with E-state index in [0.29, 0.717) is 13.1 Å². The van der Waals surface area contributed by atoms with Gasteiger partial charge in [-0.15, -0.1) is 0 Å². The SMILES string of the molecule is NC1CN(CC2(O)CCC2)C1=O. The minimum atomic E-state index is -0.587. The zero-order valence-corrected chi connectivity index (χ0v) is 6.99. The van der Waals surface area contributed by atoms with Crippen molar-refractivity contribution < 1.29 is 9.90 Å². The van der Waals surface area contributed by atoms with Crippen LogP contribution in [-0.2, 0) is 4.79 Å². The summed E-state index contributed by atoms with van der Waals surface area (Å²) in [6.45, 7) is 1.10. The number of nitrogens with two attached hydrogens (primary N) is 1. The van der Waals surface area contributed by atoms with E-state index in [2.05, 4.69) is 0 Å². The Morgan fingerprint density at radius 3 is 2.67 bits per heavy atom. The highest BCUT2D eigenvalue weighted by atomic mass is 16.3. The van der Waals surface area contributed by atoms with Gasteiger partial charge in [-0.1, -0.05) is 0 Å². The molecular weight excluding hydrogens is 156 g/mol. The second kappa shape index (κ2) is 2.44. The Morgan fingerprint density at radius 1 is 1.67 bits per heavy atom. The van der Waals surface area contributed by atoms with Gasteiger partial charge in [-0.05, 0) is 19.3 Å². The molecule has 1 aliphatic carbocycles. The van der Waals surface area contributed by atoms with Gasteiger partial charge in [-0.2, -0.15) is 0 Å². The fraction of sp³-hybridized carbons (Fsp3) is 0.875. The van der Waals surface area contributed by atoms with Crippen molar-refractivity contribution in [3.63, 3.8) is 0 Å². The summed E-state index contributed by atoms with van der Waals surface area (Å²) in [6, 6.07) is -0.311. The fourth-order valence-corrected chi connectivity index (χ4v) is 1.77. The van der Waals surface area contributed by atoms with Crippen molar-refractivity contribution in [3.05, 3.63) is 0 Å². The maximum absolute atomic E-state index is 11.1. The summed E-state index contributed by atoms with van der Waals surface area (Å²) in [6.07, 6.45) is 2.72. The number of carbonyl (C=O) groups is 1. The predicted octanol–water partition coefficient (Wildman–Crippen LogP) is -0.929. The molecule has 4 heteroatoms. The molecule has 1 amide bonds. The normalized spacial score (nSPS) is 32.7. The Kier molecular flexibility index (Phi) is 1.63. The molecule has 1 aliphatic heterocycles. The number of likely N-dealkylation sites (tertiary alicyclic amines) is 1. The van der Waals surface area contributed by atoms with Crippen LogP contribution in [0.2, 0.25) is 0 Å². The van der Waals surface area contributed by atoms with Crippen LogP contribution in [0.3, 0.4) is 0 Å². The van der Waals surface area contributed by atoms with Gasteiger partial charge in [0.1, 0.15) is 6.04 Å². The quantitative estimate of drug-likeness (QED) is 0.526. The van der Waals surface area contributed by atoms with E-state index in [4.69, 9.17) is 5.73 Å².